The van der Waals surface area contributed by atoms with Crippen molar-refractivity contribution in [2.75, 3.05) is 6.54 Å². The van der Waals surface area contributed by atoms with Crippen LogP contribution in [0.15, 0.2) is 98.2 Å². The predicted molar refractivity (Wildman–Crippen MR) is 148 cm³/mol. The number of hydrazone groups is 1. The minimum atomic E-state index is -4.09. The molecule has 2 N–H and O–H groups in total. The van der Waals surface area contributed by atoms with Gasteiger partial charge in [-0.15, -0.1) is 0 Å². The second-order valence-corrected chi connectivity index (χ2v) is 12.1. The Bertz CT molecular complexity index is 1410. The number of nitrogens with two attached hydrogens (primary N) is 1. The molecule has 1 atom stereocenters. The van der Waals surface area contributed by atoms with Crippen LogP contribution in [0.4, 0.5) is 0 Å². The fourth-order valence-corrected chi connectivity index (χ4v) is 5.26. The molecule has 1 aliphatic rings. The summed E-state index contributed by atoms with van der Waals surface area (Å²) < 4.78 is 30.6. The van der Waals surface area contributed by atoms with Crippen LogP contribution in [0, 0.1) is 0 Å². The topological polar surface area (TPSA) is 100 Å². The summed E-state index contributed by atoms with van der Waals surface area (Å²) in [6, 6.07) is 23.3. The second-order valence-electron chi connectivity index (χ2n) is 7.84. The van der Waals surface area contributed by atoms with E-state index in [-0.39, 0.29) is 31.7 Å². The zero-order chi connectivity index (χ0) is 25.7. The Kier molecular flexibility index (Phi) is 8.49. The van der Waals surface area contributed by atoms with E-state index in [1.807, 2.05) is 36.2 Å². The van der Waals surface area contributed by atoms with Crippen LogP contribution in [0.1, 0.15) is 23.5 Å². The molecular formula is C25H23Cl2N5O2SSe. The van der Waals surface area contributed by atoms with Gasteiger partial charge in [-0.05, 0) is 0 Å². The molecule has 4 rings (SSSR count). The predicted octanol–water partition coefficient (Wildman–Crippen LogP) is 5.00. The fourth-order valence-electron chi connectivity index (χ4n) is 3.71. The van der Waals surface area contributed by atoms with Gasteiger partial charge in [0.05, 0.1) is 0 Å². The molecule has 0 radical (unpaired) electrons. The number of aliphatic imine (C=N–C) groups is 1. The van der Waals surface area contributed by atoms with E-state index in [1.54, 1.807) is 12.1 Å². The van der Waals surface area contributed by atoms with Gasteiger partial charge in [0, 0.05) is 0 Å². The number of halogens is 2. The van der Waals surface area contributed by atoms with E-state index in [1.165, 1.54) is 29.3 Å². The first-order chi connectivity index (χ1) is 17.3. The first-order valence-electron chi connectivity index (χ1n) is 10.9. The van der Waals surface area contributed by atoms with Gasteiger partial charge in [0.25, 0.3) is 0 Å². The van der Waals surface area contributed by atoms with Crippen LogP contribution >= 0.6 is 23.2 Å². The second kappa shape index (κ2) is 11.6. The number of nitrogens with zero attached hydrogens (tertiary/aromatic N) is 4. The summed E-state index contributed by atoms with van der Waals surface area (Å²) in [5, 5.41) is 7.40. The van der Waals surface area contributed by atoms with Gasteiger partial charge < -0.3 is 0 Å². The zero-order valence-electron chi connectivity index (χ0n) is 19.3. The Labute approximate surface area is 226 Å². The number of sulfonamides is 1. The third-order valence-corrected chi connectivity index (χ3v) is 8.34. The number of rotatable bonds is 5. The number of guanidine groups is 1. The number of benzene rings is 3. The molecule has 3 aromatic carbocycles. The molecule has 36 heavy (non-hydrogen) atoms. The van der Waals surface area contributed by atoms with Crippen molar-refractivity contribution in [3.05, 3.63) is 100 Å². The van der Waals surface area contributed by atoms with Crippen molar-refractivity contribution < 1.29 is 8.42 Å². The van der Waals surface area contributed by atoms with Gasteiger partial charge >= 0.3 is 228 Å². The monoisotopic (exact) mass is 607 g/mol. The van der Waals surface area contributed by atoms with E-state index in [0.717, 1.165) is 16.8 Å². The van der Waals surface area contributed by atoms with Crippen molar-refractivity contribution in [2.24, 2.45) is 20.2 Å². The van der Waals surface area contributed by atoms with E-state index >= 15 is 0 Å². The normalized spacial score (nSPS) is 17.1. The van der Waals surface area contributed by atoms with E-state index in [4.69, 9.17) is 34.0 Å². The fraction of sp³-hybridized carbons (Fsp3) is 0.160. The molecule has 11 heteroatoms. The Morgan fingerprint density at radius 2 is 1.61 bits per heavy atom. The van der Waals surface area contributed by atoms with Crippen LogP contribution in [0.2, 0.25) is 15.9 Å². The van der Waals surface area contributed by atoms with E-state index in [0.29, 0.717) is 27.7 Å². The van der Waals surface area contributed by atoms with Crippen molar-refractivity contribution >= 4 is 64.6 Å². The van der Waals surface area contributed by atoms with Gasteiger partial charge in [-0.1, -0.05) is 0 Å². The van der Waals surface area contributed by atoms with Crippen LogP contribution in [-0.4, -0.2) is 51.3 Å². The van der Waals surface area contributed by atoms with Crippen LogP contribution < -0.4 is 5.73 Å². The molecule has 0 aromatic heterocycles. The van der Waals surface area contributed by atoms with Crippen molar-refractivity contribution in [1.29, 1.82) is 0 Å². The standard InChI is InChI=1S/C25H23Cl2N5O2SSe/c1-36-24(28)29-25(31-35(33,34)21-13-11-20(27)12-14-21)32-16-15-22(17-5-3-2-4-6-17)23(30-32)18-7-9-19(26)10-8-18/h2-14,22H,15-16H2,1H3,(H2,28,29,31). The average molecular weight is 607 g/mol. The Hall–Kier alpha value is -2.68. The number of hydrogen-bond acceptors (Lipinski definition) is 3. The molecule has 0 saturated carbocycles. The molecule has 0 bridgehead atoms. The van der Waals surface area contributed by atoms with Gasteiger partial charge in [-0.3, -0.25) is 0 Å². The van der Waals surface area contributed by atoms with Gasteiger partial charge in [-0.2, -0.15) is 0 Å². The summed E-state index contributed by atoms with van der Waals surface area (Å²) in [5.41, 5.74) is 8.77. The van der Waals surface area contributed by atoms with E-state index in [9.17, 15) is 8.42 Å². The van der Waals surface area contributed by atoms with Crippen LogP contribution in [-0.2, 0) is 10.0 Å². The summed E-state index contributed by atoms with van der Waals surface area (Å²) in [5.74, 6) is 1.81. The zero-order valence-corrected chi connectivity index (χ0v) is 23.3. The van der Waals surface area contributed by atoms with Crippen LogP contribution in [0.5, 0.6) is 0 Å². The summed E-state index contributed by atoms with van der Waals surface area (Å²) in [6.45, 7) is 0.402. The minimum absolute atomic E-state index is 0.00116. The third kappa shape index (κ3) is 6.35. The van der Waals surface area contributed by atoms with Crippen LogP contribution in [0.3, 0.4) is 0 Å². The molecule has 186 valence electrons. The molecule has 1 unspecified atom stereocenters. The maximum absolute atomic E-state index is 13.1. The molecule has 0 aliphatic carbocycles. The molecule has 3 aromatic rings. The van der Waals surface area contributed by atoms with Crippen molar-refractivity contribution in [2.45, 2.75) is 23.1 Å². The molecule has 7 nitrogen and oxygen atoms in total. The molecular weight excluding hydrogens is 584 g/mol. The first kappa shape index (κ1) is 26.4. The SMILES string of the molecule is C[Se]/C(N)=N\C(=N\S(=O)(=O)c1ccc(Cl)cc1)N1CCC(c2ccccc2)C(c2ccc(Cl)cc2)=N1. The van der Waals surface area contributed by atoms with E-state index in [2.05, 4.69) is 21.5 Å². The average Bonchev–Trinajstić information content (AvgIpc) is 2.89. The van der Waals surface area contributed by atoms with E-state index < -0.39 is 10.0 Å². The molecule has 0 spiro atoms. The molecule has 1 aliphatic heterocycles. The van der Waals surface area contributed by atoms with Gasteiger partial charge in [-0.25, -0.2) is 0 Å². The van der Waals surface area contributed by atoms with Gasteiger partial charge in [0.1, 0.15) is 0 Å². The molecule has 0 amide bonds. The van der Waals surface area contributed by atoms with Crippen molar-refractivity contribution in [3.8, 4) is 0 Å². The summed E-state index contributed by atoms with van der Waals surface area (Å²) in [7, 11) is -4.09. The van der Waals surface area contributed by atoms with Crippen LogP contribution in [0.25, 0.3) is 0 Å². The number of amidine groups is 1. The summed E-state index contributed by atoms with van der Waals surface area (Å²) in [6.07, 6.45) is 0.665. The maximum atomic E-state index is 13.1. The van der Waals surface area contributed by atoms with Gasteiger partial charge in [0.15, 0.2) is 0 Å². The first-order valence-corrected chi connectivity index (χ1v) is 15.7. The molecule has 1 heterocycles. The molecule has 0 fully saturated rings. The number of hydrogen-bond donors (Lipinski definition) is 1. The van der Waals surface area contributed by atoms with Crippen molar-refractivity contribution in [1.82, 2.24) is 5.01 Å². The third-order valence-electron chi connectivity index (χ3n) is 5.49. The Balaban J connectivity index is 1.82. The Morgan fingerprint density at radius 3 is 2.22 bits per heavy atom. The summed E-state index contributed by atoms with van der Waals surface area (Å²) >= 11 is 11.9. The summed E-state index contributed by atoms with van der Waals surface area (Å²) in [4.78, 5) is 4.35. The van der Waals surface area contributed by atoms with Gasteiger partial charge in [0.2, 0.25) is 0 Å². The molecule has 0 saturated heterocycles. The Morgan fingerprint density at radius 1 is 1.00 bits per heavy atom. The quantitative estimate of drug-likeness (QED) is 0.251. The van der Waals surface area contributed by atoms with Crippen molar-refractivity contribution in [3.63, 3.8) is 0 Å².